The topological polar surface area (TPSA) is 58.6 Å². The van der Waals surface area contributed by atoms with Crippen LogP contribution in [0.15, 0.2) is 23.1 Å². The molecule has 0 radical (unpaired) electrons. The minimum absolute atomic E-state index is 0.433. The highest BCUT2D eigenvalue weighted by molar-refractivity contribution is 7.89. The Morgan fingerprint density at radius 2 is 1.95 bits per heavy atom. The molecule has 1 fully saturated rings. The van der Waals surface area contributed by atoms with E-state index in [0.717, 1.165) is 17.7 Å². The fourth-order valence-corrected chi connectivity index (χ4v) is 4.19. The maximum absolute atomic E-state index is 12.8. The van der Waals surface area contributed by atoms with Gasteiger partial charge >= 0.3 is 0 Å². The average Bonchev–Trinajstić information content (AvgIpc) is 2.53. The number of nitrogens with one attached hydrogen (secondary N) is 1. The lowest BCUT2D eigenvalue weighted by atomic mass is 10.1. The van der Waals surface area contributed by atoms with Gasteiger partial charge in [0.25, 0.3) is 0 Å². The van der Waals surface area contributed by atoms with Gasteiger partial charge in [-0.1, -0.05) is 26.0 Å². The number of sulfonamides is 1. The summed E-state index contributed by atoms with van der Waals surface area (Å²) in [6.45, 7) is 7.37. The molecule has 1 aliphatic rings. The van der Waals surface area contributed by atoms with Gasteiger partial charge in [0, 0.05) is 19.6 Å². The first-order valence-corrected chi connectivity index (χ1v) is 8.94. The highest BCUT2D eigenvalue weighted by Crippen LogP contribution is 2.23. The van der Waals surface area contributed by atoms with E-state index < -0.39 is 10.0 Å². The maximum atomic E-state index is 12.8. The molecule has 1 saturated heterocycles. The molecule has 0 aromatic heterocycles. The van der Waals surface area contributed by atoms with Crippen molar-refractivity contribution in [3.8, 4) is 0 Å². The summed E-state index contributed by atoms with van der Waals surface area (Å²) in [6, 6.07) is 5.74. The SMILES string of the molecule is CCNCc1ccc(CC)c(S(=O)(=O)N2CCOCC2)c1. The molecule has 21 heavy (non-hydrogen) atoms. The third-order valence-electron chi connectivity index (χ3n) is 3.68. The quantitative estimate of drug-likeness (QED) is 0.862. The fraction of sp³-hybridized carbons (Fsp3) is 0.600. The molecule has 1 aromatic rings. The summed E-state index contributed by atoms with van der Waals surface area (Å²) in [5, 5.41) is 3.23. The Morgan fingerprint density at radius 1 is 1.24 bits per heavy atom. The number of rotatable bonds is 6. The molecule has 1 N–H and O–H groups in total. The van der Waals surface area contributed by atoms with Crippen molar-refractivity contribution in [3.63, 3.8) is 0 Å². The van der Waals surface area contributed by atoms with Crippen LogP contribution in [0, 0.1) is 0 Å². The molecule has 0 atom stereocenters. The van der Waals surface area contributed by atoms with Gasteiger partial charge in [-0.15, -0.1) is 0 Å². The summed E-state index contributed by atoms with van der Waals surface area (Å²) in [7, 11) is -3.43. The zero-order valence-corrected chi connectivity index (χ0v) is 13.6. The van der Waals surface area contributed by atoms with Crippen LogP contribution in [-0.4, -0.2) is 45.6 Å². The number of morpholine rings is 1. The van der Waals surface area contributed by atoms with Gasteiger partial charge in [0.2, 0.25) is 10.0 Å². The second-order valence-electron chi connectivity index (χ2n) is 5.09. The van der Waals surface area contributed by atoms with Gasteiger partial charge < -0.3 is 10.1 Å². The molecule has 0 spiro atoms. The number of ether oxygens (including phenoxy) is 1. The Balaban J connectivity index is 2.34. The second kappa shape index (κ2) is 7.35. The lowest BCUT2D eigenvalue weighted by Gasteiger charge is -2.27. The Labute approximate surface area is 127 Å². The molecule has 118 valence electrons. The number of hydrogen-bond acceptors (Lipinski definition) is 4. The van der Waals surface area contributed by atoms with Gasteiger partial charge in [0.05, 0.1) is 18.1 Å². The molecule has 5 nitrogen and oxygen atoms in total. The lowest BCUT2D eigenvalue weighted by molar-refractivity contribution is 0.0730. The van der Waals surface area contributed by atoms with Crippen LogP contribution in [-0.2, 0) is 27.7 Å². The first-order valence-electron chi connectivity index (χ1n) is 7.50. The van der Waals surface area contributed by atoms with E-state index in [1.807, 2.05) is 32.0 Å². The highest BCUT2D eigenvalue weighted by atomic mass is 32.2. The third-order valence-corrected chi connectivity index (χ3v) is 5.66. The molecule has 1 aromatic carbocycles. The van der Waals surface area contributed by atoms with Crippen molar-refractivity contribution in [2.45, 2.75) is 31.7 Å². The molecular formula is C15H24N2O3S. The van der Waals surface area contributed by atoms with Crippen molar-refractivity contribution < 1.29 is 13.2 Å². The van der Waals surface area contributed by atoms with Crippen molar-refractivity contribution in [2.75, 3.05) is 32.8 Å². The standard InChI is InChI=1S/C15H24N2O3S/c1-3-14-6-5-13(12-16-4-2)11-15(14)21(18,19)17-7-9-20-10-8-17/h5-6,11,16H,3-4,7-10,12H2,1-2H3. The molecule has 0 amide bonds. The normalized spacial score (nSPS) is 17.0. The van der Waals surface area contributed by atoms with Gasteiger partial charge in [-0.25, -0.2) is 8.42 Å². The van der Waals surface area contributed by atoms with Crippen LogP contribution in [0.3, 0.4) is 0 Å². The average molecular weight is 312 g/mol. The molecule has 0 bridgehead atoms. The smallest absolute Gasteiger partial charge is 0.243 e. The van der Waals surface area contributed by atoms with Crippen molar-refractivity contribution >= 4 is 10.0 Å². The molecule has 2 rings (SSSR count). The zero-order valence-electron chi connectivity index (χ0n) is 12.8. The second-order valence-corrected chi connectivity index (χ2v) is 7.00. The van der Waals surface area contributed by atoms with Crippen molar-refractivity contribution in [2.24, 2.45) is 0 Å². The first-order chi connectivity index (χ1) is 10.1. The predicted molar refractivity (Wildman–Crippen MR) is 82.8 cm³/mol. The van der Waals surface area contributed by atoms with Gasteiger partial charge in [-0.2, -0.15) is 4.31 Å². The Bertz CT molecular complexity index is 566. The van der Waals surface area contributed by atoms with Crippen LogP contribution >= 0.6 is 0 Å². The number of hydrogen-bond donors (Lipinski definition) is 1. The summed E-state index contributed by atoms with van der Waals surface area (Å²) in [6.07, 6.45) is 0.709. The first kappa shape index (κ1) is 16.4. The van der Waals surface area contributed by atoms with Crippen molar-refractivity contribution in [3.05, 3.63) is 29.3 Å². The largest absolute Gasteiger partial charge is 0.379 e. The van der Waals surface area contributed by atoms with Gasteiger partial charge in [-0.05, 0) is 30.2 Å². The summed E-state index contributed by atoms with van der Waals surface area (Å²) in [5.41, 5.74) is 1.88. The maximum Gasteiger partial charge on any atom is 0.243 e. The van der Waals surface area contributed by atoms with Crippen LogP contribution in [0.4, 0.5) is 0 Å². The van der Waals surface area contributed by atoms with Crippen LogP contribution < -0.4 is 5.32 Å². The van der Waals surface area contributed by atoms with Crippen LogP contribution in [0.5, 0.6) is 0 Å². The fourth-order valence-electron chi connectivity index (χ4n) is 2.44. The minimum atomic E-state index is -3.43. The number of benzene rings is 1. The monoisotopic (exact) mass is 312 g/mol. The van der Waals surface area contributed by atoms with Crippen molar-refractivity contribution in [1.82, 2.24) is 9.62 Å². The van der Waals surface area contributed by atoms with E-state index in [0.29, 0.717) is 44.2 Å². The van der Waals surface area contributed by atoms with E-state index in [-0.39, 0.29) is 0 Å². The molecular weight excluding hydrogens is 288 g/mol. The summed E-state index contributed by atoms with van der Waals surface area (Å²) in [5.74, 6) is 0. The molecule has 1 aliphatic heterocycles. The Kier molecular flexibility index (Phi) is 5.75. The number of aryl methyl sites for hydroxylation is 1. The van der Waals surface area contributed by atoms with Gasteiger partial charge in [0.15, 0.2) is 0 Å². The Hall–Kier alpha value is -0.950. The van der Waals surface area contributed by atoms with Crippen LogP contribution in [0.1, 0.15) is 25.0 Å². The summed E-state index contributed by atoms with van der Waals surface area (Å²) >= 11 is 0. The van der Waals surface area contributed by atoms with E-state index in [4.69, 9.17) is 4.74 Å². The zero-order chi connectivity index (χ0) is 15.3. The Morgan fingerprint density at radius 3 is 2.57 bits per heavy atom. The summed E-state index contributed by atoms with van der Waals surface area (Å²) in [4.78, 5) is 0.447. The van der Waals surface area contributed by atoms with Gasteiger partial charge in [-0.3, -0.25) is 0 Å². The predicted octanol–water partition coefficient (Wildman–Crippen LogP) is 1.38. The molecule has 0 unspecified atom stereocenters. The van der Waals surface area contributed by atoms with Gasteiger partial charge in [0.1, 0.15) is 0 Å². The van der Waals surface area contributed by atoms with Crippen molar-refractivity contribution in [1.29, 1.82) is 0 Å². The minimum Gasteiger partial charge on any atom is -0.379 e. The van der Waals surface area contributed by atoms with Crippen LogP contribution in [0.25, 0.3) is 0 Å². The van der Waals surface area contributed by atoms with E-state index in [1.165, 1.54) is 4.31 Å². The molecule has 1 heterocycles. The molecule has 0 saturated carbocycles. The van der Waals surface area contributed by atoms with E-state index in [9.17, 15) is 8.42 Å². The van der Waals surface area contributed by atoms with E-state index >= 15 is 0 Å². The molecule has 0 aliphatic carbocycles. The van der Waals surface area contributed by atoms with E-state index in [1.54, 1.807) is 0 Å². The highest BCUT2D eigenvalue weighted by Gasteiger charge is 2.28. The van der Waals surface area contributed by atoms with E-state index in [2.05, 4.69) is 5.32 Å². The number of nitrogens with zero attached hydrogens (tertiary/aromatic N) is 1. The lowest BCUT2D eigenvalue weighted by Crippen LogP contribution is -2.41. The van der Waals surface area contributed by atoms with Crippen LogP contribution in [0.2, 0.25) is 0 Å². The molecule has 6 heteroatoms. The summed E-state index contributed by atoms with van der Waals surface area (Å²) < 4.78 is 32.5. The third kappa shape index (κ3) is 3.83.